The van der Waals surface area contributed by atoms with Crippen LogP contribution in [0.5, 0.6) is 0 Å². The van der Waals surface area contributed by atoms with Crippen LogP contribution >= 0.6 is 0 Å². The summed E-state index contributed by atoms with van der Waals surface area (Å²) in [6, 6.07) is 5.06. The Bertz CT molecular complexity index is 881. The molecule has 6 heteroatoms. The Kier molecular flexibility index (Phi) is 5.00. The molecule has 1 aliphatic heterocycles. The number of carbonyl (C=O) groups excluding carboxylic acids is 1. The molecule has 5 nitrogen and oxygen atoms in total. The van der Waals surface area contributed by atoms with E-state index in [-0.39, 0.29) is 23.7 Å². The lowest BCUT2D eigenvalue weighted by Gasteiger charge is -2.36. The van der Waals surface area contributed by atoms with Gasteiger partial charge in [-0.1, -0.05) is 0 Å². The van der Waals surface area contributed by atoms with Crippen LogP contribution in [0.25, 0.3) is 10.9 Å². The number of nitrogens with one attached hydrogen (secondary N) is 1. The minimum Gasteiger partial charge on any atom is -0.390 e. The zero-order valence-corrected chi connectivity index (χ0v) is 16.5. The number of pyridine rings is 1. The molecule has 0 radical (unpaired) electrons. The first kappa shape index (κ1) is 19.1. The van der Waals surface area contributed by atoms with Crippen LogP contribution in [-0.4, -0.2) is 40.7 Å². The Morgan fingerprint density at radius 3 is 2.54 bits per heavy atom. The fraction of sp³-hybridized carbons (Fsp3) is 0.545. The molecule has 2 heterocycles. The van der Waals surface area contributed by atoms with Crippen LogP contribution in [0.15, 0.2) is 24.4 Å². The molecule has 1 aliphatic carbocycles. The van der Waals surface area contributed by atoms with Gasteiger partial charge in [-0.05, 0) is 70.1 Å². The second-order valence-electron chi connectivity index (χ2n) is 8.74. The van der Waals surface area contributed by atoms with Crippen LogP contribution in [0, 0.1) is 11.7 Å². The third kappa shape index (κ3) is 3.83. The Morgan fingerprint density at radius 2 is 1.93 bits per heavy atom. The van der Waals surface area contributed by atoms with Gasteiger partial charge in [-0.2, -0.15) is 0 Å². The van der Waals surface area contributed by atoms with Crippen molar-refractivity contribution in [2.24, 2.45) is 5.92 Å². The average Bonchev–Trinajstić information content (AvgIpc) is 2.60. The highest BCUT2D eigenvalue weighted by Gasteiger charge is 2.31. The highest BCUT2D eigenvalue weighted by atomic mass is 19.1. The SMILES string of the molecule is CC(C)(O)C1CCC(NC(=O)c2cnc3cc(N4CCC4)c(F)cc3c2)CC1. The molecule has 2 fully saturated rings. The number of anilines is 1. The number of amides is 1. The van der Waals surface area contributed by atoms with Crippen molar-refractivity contribution in [1.82, 2.24) is 10.3 Å². The van der Waals surface area contributed by atoms with E-state index in [0.29, 0.717) is 22.2 Å². The highest BCUT2D eigenvalue weighted by Crippen LogP contribution is 2.33. The third-order valence-electron chi connectivity index (χ3n) is 6.27. The van der Waals surface area contributed by atoms with Crippen molar-refractivity contribution in [3.8, 4) is 0 Å². The van der Waals surface area contributed by atoms with E-state index < -0.39 is 5.60 Å². The first-order valence-electron chi connectivity index (χ1n) is 10.2. The lowest BCUT2D eigenvalue weighted by Crippen LogP contribution is -2.41. The summed E-state index contributed by atoms with van der Waals surface area (Å²) in [7, 11) is 0. The Hall–Kier alpha value is -2.21. The number of halogens is 1. The fourth-order valence-corrected chi connectivity index (χ4v) is 4.27. The fourth-order valence-electron chi connectivity index (χ4n) is 4.27. The number of aromatic nitrogens is 1. The second kappa shape index (κ2) is 7.32. The Labute approximate surface area is 164 Å². The summed E-state index contributed by atoms with van der Waals surface area (Å²) in [4.78, 5) is 19.0. The number of aliphatic hydroxyl groups is 1. The summed E-state index contributed by atoms with van der Waals surface area (Å²) in [5, 5.41) is 13.9. The van der Waals surface area contributed by atoms with E-state index in [0.717, 1.165) is 45.2 Å². The molecule has 0 spiro atoms. The van der Waals surface area contributed by atoms with Gasteiger partial charge in [0.25, 0.3) is 5.91 Å². The van der Waals surface area contributed by atoms with E-state index in [1.54, 1.807) is 18.3 Å². The smallest absolute Gasteiger partial charge is 0.253 e. The molecule has 1 amide bonds. The molecule has 150 valence electrons. The highest BCUT2D eigenvalue weighted by molar-refractivity contribution is 5.97. The van der Waals surface area contributed by atoms with E-state index in [4.69, 9.17) is 0 Å². The maximum atomic E-state index is 14.4. The first-order chi connectivity index (χ1) is 13.3. The van der Waals surface area contributed by atoms with Crippen LogP contribution in [0.4, 0.5) is 10.1 Å². The summed E-state index contributed by atoms with van der Waals surface area (Å²) in [6.07, 6.45) is 6.16. The maximum absolute atomic E-state index is 14.4. The molecule has 1 aromatic carbocycles. The second-order valence-corrected chi connectivity index (χ2v) is 8.74. The normalized spacial score (nSPS) is 22.8. The summed E-state index contributed by atoms with van der Waals surface area (Å²) in [5.74, 6) is -0.170. The molecular formula is C22H28FN3O2. The predicted octanol–water partition coefficient (Wildman–Crippen LogP) is 3.64. The lowest BCUT2D eigenvalue weighted by atomic mass is 9.77. The van der Waals surface area contributed by atoms with E-state index in [9.17, 15) is 14.3 Å². The van der Waals surface area contributed by atoms with E-state index in [1.807, 2.05) is 18.7 Å². The van der Waals surface area contributed by atoms with Crippen LogP contribution in [0.3, 0.4) is 0 Å². The molecule has 2 aromatic rings. The molecule has 1 saturated heterocycles. The molecular weight excluding hydrogens is 357 g/mol. The van der Waals surface area contributed by atoms with Crippen molar-refractivity contribution in [1.29, 1.82) is 0 Å². The zero-order valence-electron chi connectivity index (χ0n) is 16.5. The molecule has 4 rings (SSSR count). The zero-order chi connectivity index (χ0) is 19.9. The molecule has 0 bridgehead atoms. The quantitative estimate of drug-likeness (QED) is 0.843. The Balaban J connectivity index is 1.44. The third-order valence-corrected chi connectivity index (χ3v) is 6.27. The molecule has 1 aromatic heterocycles. The van der Waals surface area contributed by atoms with Gasteiger partial charge in [0.15, 0.2) is 0 Å². The minimum absolute atomic E-state index is 0.104. The molecule has 2 N–H and O–H groups in total. The molecule has 28 heavy (non-hydrogen) atoms. The lowest BCUT2D eigenvalue weighted by molar-refractivity contribution is -0.00257. The van der Waals surface area contributed by atoms with E-state index in [2.05, 4.69) is 10.3 Å². The van der Waals surface area contributed by atoms with Crippen molar-refractivity contribution in [2.45, 2.75) is 57.6 Å². The van der Waals surface area contributed by atoms with Crippen molar-refractivity contribution in [3.05, 3.63) is 35.8 Å². The average molecular weight is 385 g/mol. The van der Waals surface area contributed by atoms with Gasteiger partial charge in [0.1, 0.15) is 5.82 Å². The van der Waals surface area contributed by atoms with Gasteiger partial charge in [-0.3, -0.25) is 9.78 Å². The van der Waals surface area contributed by atoms with Gasteiger partial charge in [-0.15, -0.1) is 0 Å². The monoisotopic (exact) mass is 385 g/mol. The molecule has 2 aliphatic rings. The van der Waals surface area contributed by atoms with Gasteiger partial charge in [0.2, 0.25) is 0 Å². The van der Waals surface area contributed by atoms with Crippen molar-refractivity contribution < 1.29 is 14.3 Å². The Morgan fingerprint density at radius 1 is 1.21 bits per heavy atom. The first-order valence-corrected chi connectivity index (χ1v) is 10.2. The van der Waals surface area contributed by atoms with Crippen LogP contribution < -0.4 is 10.2 Å². The summed E-state index contributed by atoms with van der Waals surface area (Å²) < 4.78 is 14.4. The minimum atomic E-state index is -0.670. The number of nitrogens with zero attached hydrogens (tertiary/aromatic N) is 2. The topological polar surface area (TPSA) is 65.5 Å². The van der Waals surface area contributed by atoms with Gasteiger partial charge in [0.05, 0.1) is 22.4 Å². The van der Waals surface area contributed by atoms with Gasteiger partial charge >= 0.3 is 0 Å². The van der Waals surface area contributed by atoms with Gasteiger partial charge < -0.3 is 15.3 Å². The van der Waals surface area contributed by atoms with E-state index in [1.165, 1.54) is 6.07 Å². The van der Waals surface area contributed by atoms with Gasteiger partial charge in [0, 0.05) is 30.7 Å². The summed E-state index contributed by atoms with van der Waals surface area (Å²) >= 11 is 0. The number of carbonyl (C=O) groups is 1. The number of hydrogen-bond acceptors (Lipinski definition) is 4. The van der Waals surface area contributed by atoms with Crippen LogP contribution in [0.2, 0.25) is 0 Å². The van der Waals surface area contributed by atoms with E-state index >= 15 is 0 Å². The number of rotatable bonds is 4. The van der Waals surface area contributed by atoms with Crippen molar-refractivity contribution in [3.63, 3.8) is 0 Å². The molecule has 1 saturated carbocycles. The van der Waals surface area contributed by atoms with Crippen LogP contribution in [-0.2, 0) is 0 Å². The van der Waals surface area contributed by atoms with Crippen molar-refractivity contribution >= 4 is 22.5 Å². The number of hydrogen-bond donors (Lipinski definition) is 2. The number of fused-ring (bicyclic) bond motifs is 1. The summed E-state index contributed by atoms with van der Waals surface area (Å²) in [6.45, 7) is 5.45. The standard InChI is InChI=1S/C22H28FN3O2/c1-22(2,28)16-4-6-17(7-5-16)25-21(27)15-10-14-11-18(23)20(26-8-3-9-26)12-19(14)24-13-15/h10-13,16-17,28H,3-9H2,1-2H3,(H,25,27). The van der Waals surface area contributed by atoms with Crippen molar-refractivity contribution in [2.75, 3.05) is 18.0 Å². The largest absolute Gasteiger partial charge is 0.390 e. The molecule has 0 unspecified atom stereocenters. The molecule has 0 atom stereocenters. The maximum Gasteiger partial charge on any atom is 0.253 e. The number of benzene rings is 1. The summed E-state index contributed by atoms with van der Waals surface area (Å²) in [5.41, 5.74) is 1.07. The predicted molar refractivity (Wildman–Crippen MR) is 108 cm³/mol. The van der Waals surface area contributed by atoms with Gasteiger partial charge in [-0.25, -0.2) is 4.39 Å². The van der Waals surface area contributed by atoms with Crippen LogP contribution in [0.1, 0.15) is 56.3 Å².